The van der Waals surface area contributed by atoms with Gasteiger partial charge >= 0.3 is 0 Å². The van der Waals surface area contributed by atoms with E-state index in [1.165, 1.54) is 0 Å². The molecule has 3 aromatic rings. The molecule has 0 saturated heterocycles. The van der Waals surface area contributed by atoms with Crippen molar-refractivity contribution in [3.05, 3.63) is 48.2 Å². The highest BCUT2D eigenvalue weighted by Gasteiger charge is 2.38. The summed E-state index contributed by atoms with van der Waals surface area (Å²) in [5.41, 5.74) is 2.72. The number of carbonyl (C=O) groups excluding carboxylic acids is 1. The molecule has 2 aliphatic carbocycles. The Morgan fingerprint density at radius 2 is 1.84 bits per heavy atom. The summed E-state index contributed by atoms with van der Waals surface area (Å²) in [6.07, 6.45) is 9.16. The first-order valence-electron chi connectivity index (χ1n) is 11.1. The number of amides is 1. The van der Waals surface area contributed by atoms with Crippen molar-refractivity contribution >= 4 is 32.9 Å². The first-order chi connectivity index (χ1) is 15.3. The van der Waals surface area contributed by atoms with Crippen LogP contribution < -0.4 is 5.32 Å². The Balaban J connectivity index is 1.50. The number of carbonyl (C=O) groups is 1. The molecule has 32 heavy (non-hydrogen) atoms. The summed E-state index contributed by atoms with van der Waals surface area (Å²) >= 11 is 0. The van der Waals surface area contributed by atoms with E-state index < -0.39 is 15.7 Å². The molecule has 0 aliphatic heterocycles. The second-order valence-electron chi connectivity index (χ2n) is 8.98. The predicted octanol–water partition coefficient (Wildman–Crippen LogP) is 4.71. The number of aromatic amines is 1. The average Bonchev–Trinajstić information content (AvgIpc) is 3.51. The van der Waals surface area contributed by atoms with Crippen LogP contribution in [0.25, 0.3) is 22.2 Å². The molecule has 0 atom stereocenters. The lowest BCUT2D eigenvalue weighted by Crippen LogP contribution is -2.34. The SMILES string of the molecule is CS(=O)(=O)OC1(c2ccc(-c3cc(NC(=O)C4CC4)nc4[nH]ccc34)cc2)CCCCC1. The van der Waals surface area contributed by atoms with Crippen molar-refractivity contribution in [1.29, 1.82) is 0 Å². The van der Waals surface area contributed by atoms with E-state index in [1.807, 2.05) is 42.6 Å². The molecular formula is C24H27N3O4S. The Labute approximate surface area is 187 Å². The number of rotatable bonds is 6. The Kier molecular flexibility index (Phi) is 5.29. The maximum absolute atomic E-state index is 12.2. The fourth-order valence-electron chi connectivity index (χ4n) is 4.70. The van der Waals surface area contributed by atoms with Gasteiger partial charge in [-0.15, -0.1) is 0 Å². The van der Waals surface area contributed by atoms with Crippen LogP contribution in [0.1, 0.15) is 50.5 Å². The number of benzene rings is 1. The van der Waals surface area contributed by atoms with E-state index in [2.05, 4.69) is 15.3 Å². The molecule has 0 bridgehead atoms. The average molecular weight is 454 g/mol. The lowest BCUT2D eigenvalue weighted by atomic mass is 9.79. The minimum Gasteiger partial charge on any atom is -0.346 e. The lowest BCUT2D eigenvalue weighted by molar-refractivity contribution is -0.117. The summed E-state index contributed by atoms with van der Waals surface area (Å²) < 4.78 is 29.6. The smallest absolute Gasteiger partial charge is 0.265 e. The van der Waals surface area contributed by atoms with Gasteiger partial charge in [-0.1, -0.05) is 43.5 Å². The van der Waals surface area contributed by atoms with E-state index in [-0.39, 0.29) is 11.8 Å². The number of fused-ring (bicyclic) bond motifs is 1. The molecule has 2 aliphatic rings. The molecule has 2 saturated carbocycles. The Morgan fingerprint density at radius 1 is 1.12 bits per heavy atom. The van der Waals surface area contributed by atoms with Gasteiger partial charge in [0.25, 0.3) is 10.1 Å². The molecule has 2 N–H and O–H groups in total. The van der Waals surface area contributed by atoms with E-state index in [4.69, 9.17) is 4.18 Å². The van der Waals surface area contributed by atoms with Crippen molar-refractivity contribution in [2.24, 2.45) is 5.92 Å². The molecule has 5 rings (SSSR count). The number of nitrogens with zero attached hydrogens (tertiary/aromatic N) is 1. The van der Waals surface area contributed by atoms with Crippen LogP contribution >= 0.6 is 0 Å². The van der Waals surface area contributed by atoms with Crippen molar-refractivity contribution in [1.82, 2.24) is 9.97 Å². The molecule has 2 fully saturated rings. The highest BCUT2D eigenvalue weighted by molar-refractivity contribution is 7.86. The normalized spacial score (nSPS) is 18.5. The van der Waals surface area contributed by atoms with Gasteiger partial charge in [-0.2, -0.15) is 8.42 Å². The minimum absolute atomic E-state index is 0.0156. The monoisotopic (exact) mass is 453 g/mol. The highest BCUT2D eigenvalue weighted by atomic mass is 32.2. The zero-order chi connectivity index (χ0) is 22.3. The first-order valence-corrected chi connectivity index (χ1v) is 13.0. The van der Waals surface area contributed by atoms with Crippen LogP contribution in [0.3, 0.4) is 0 Å². The summed E-state index contributed by atoms with van der Waals surface area (Å²) in [5.74, 6) is 0.641. The second kappa shape index (κ2) is 8.01. The highest BCUT2D eigenvalue weighted by Crippen LogP contribution is 2.42. The molecule has 2 heterocycles. The lowest BCUT2D eigenvalue weighted by Gasteiger charge is -2.36. The van der Waals surface area contributed by atoms with Crippen LogP contribution in [0.2, 0.25) is 0 Å². The molecule has 7 nitrogen and oxygen atoms in total. The molecule has 0 unspecified atom stereocenters. The van der Waals surface area contributed by atoms with Crippen LogP contribution in [0, 0.1) is 5.92 Å². The molecule has 1 aromatic carbocycles. The summed E-state index contributed by atoms with van der Waals surface area (Å²) in [5, 5.41) is 3.89. The van der Waals surface area contributed by atoms with E-state index in [0.717, 1.165) is 60.4 Å². The van der Waals surface area contributed by atoms with Gasteiger partial charge in [0, 0.05) is 17.5 Å². The molecule has 1 amide bonds. The zero-order valence-electron chi connectivity index (χ0n) is 18.1. The number of anilines is 1. The fraction of sp³-hybridized carbons (Fsp3) is 0.417. The second-order valence-corrected chi connectivity index (χ2v) is 10.6. The Hall–Kier alpha value is -2.71. The van der Waals surface area contributed by atoms with Crippen molar-refractivity contribution in [2.75, 3.05) is 11.6 Å². The zero-order valence-corrected chi connectivity index (χ0v) is 18.9. The van der Waals surface area contributed by atoms with E-state index in [1.54, 1.807) is 0 Å². The molecule has 0 spiro atoms. The minimum atomic E-state index is -3.59. The molecule has 0 radical (unpaired) electrons. The third-order valence-electron chi connectivity index (χ3n) is 6.42. The summed E-state index contributed by atoms with van der Waals surface area (Å²) in [6, 6.07) is 11.8. The van der Waals surface area contributed by atoms with Crippen LogP contribution in [-0.4, -0.2) is 30.5 Å². The van der Waals surface area contributed by atoms with E-state index in [9.17, 15) is 13.2 Å². The van der Waals surface area contributed by atoms with E-state index in [0.29, 0.717) is 24.3 Å². The Morgan fingerprint density at radius 3 is 2.50 bits per heavy atom. The standard InChI is InChI=1S/C24H27N3O4S/c1-32(29,30)31-24(12-3-2-4-13-24)18-9-7-16(8-10-18)20-15-21(27-23(28)17-5-6-17)26-22-19(20)11-14-25-22/h7-11,14-15,17H,2-6,12-13H2,1H3,(H2,25,26,27,28). The van der Waals surface area contributed by atoms with Gasteiger partial charge in [0.15, 0.2) is 0 Å². The van der Waals surface area contributed by atoms with Crippen molar-refractivity contribution < 1.29 is 17.4 Å². The summed E-state index contributed by atoms with van der Waals surface area (Å²) in [7, 11) is -3.59. The first kappa shape index (κ1) is 21.2. The van der Waals surface area contributed by atoms with Gasteiger partial charge in [0.1, 0.15) is 17.1 Å². The largest absolute Gasteiger partial charge is 0.346 e. The van der Waals surface area contributed by atoms with Gasteiger partial charge < -0.3 is 10.3 Å². The fourth-order valence-corrected chi connectivity index (χ4v) is 5.54. The quantitative estimate of drug-likeness (QED) is 0.526. The van der Waals surface area contributed by atoms with Gasteiger partial charge in [-0.25, -0.2) is 4.98 Å². The maximum Gasteiger partial charge on any atom is 0.265 e. The molecule has 168 valence electrons. The number of pyridine rings is 1. The molecule has 2 aromatic heterocycles. The van der Waals surface area contributed by atoms with Gasteiger partial charge in [0.05, 0.1) is 6.26 Å². The van der Waals surface area contributed by atoms with Crippen molar-refractivity contribution in [3.8, 4) is 11.1 Å². The van der Waals surface area contributed by atoms with Gasteiger partial charge in [-0.3, -0.25) is 8.98 Å². The number of hydrogen-bond donors (Lipinski definition) is 2. The van der Waals surface area contributed by atoms with Gasteiger partial charge in [0.2, 0.25) is 5.91 Å². The van der Waals surface area contributed by atoms with E-state index >= 15 is 0 Å². The van der Waals surface area contributed by atoms with Gasteiger partial charge in [-0.05, 0) is 54.5 Å². The number of nitrogens with one attached hydrogen (secondary N) is 2. The summed E-state index contributed by atoms with van der Waals surface area (Å²) in [6.45, 7) is 0. The van der Waals surface area contributed by atoms with Crippen LogP contribution in [0.15, 0.2) is 42.6 Å². The topological polar surface area (TPSA) is 101 Å². The van der Waals surface area contributed by atoms with Crippen molar-refractivity contribution in [3.63, 3.8) is 0 Å². The number of hydrogen-bond acceptors (Lipinski definition) is 5. The number of aromatic nitrogens is 2. The van der Waals surface area contributed by atoms with Crippen LogP contribution in [-0.2, 0) is 24.7 Å². The molecular weight excluding hydrogens is 426 g/mol. The Bertz CT molecular complexity index is 1250. The number of H-pyrrole nitrogens is 1. The molecule has 8 heteroatoms. The van der Waals surface area contributed by atoms with Crippen LogP contribution in [0.4, 0.5) is 5.82 Å². The van der Waals surface area contributed by atoms with Crippen molar-refractivity contribution in [2.45, 2.75) is 50.5 Å². The predicted molar refractivity (Wildman–Crippen MR) is 124 cm³/mol. The summed E-state index contributed by atoms with van der Waals surface area (Å²) in [4.78, 5) is 19.9. The third-order valence-corrected chi connectivity index (χ3v) is 7.04. The maximum atomic E-state index is 12.2. The third kappa shape index (κ3) is 4.29. The van der Waals surface area contributed by atoms with Crippen LogP contribution in [0.5, 0.6) is 0 Å².